The van der Waals surface area contributed by atoms with E-state index in [2.05, 4.69) is 19.0 Å². The summed E-state index contributed by atoms with van der Waals surface area (Å²) in [6, 6.07) is 0.577. The predicted octanol–water partition coefficient (Wildman–Crippen LogP) is 0.415. The fourth-order valence-corrected chi connectivity index (χ4v) is 1.33. The summed E-state index contributed by atoms with van der Waals surface area (Å²) in [6.45, 7) is 5.71. The molecule has 0 aromatic rings. The first kappa shape index (κ1) is 9.52. The lowest BCUT2D eigenvalue weighted by atomic mass is 10.0. The molecule has 1 aliphatic heterocycles. The maximum atomic E-state index is 11.4. The zero-order valence-electron chi connectivity index (χ0n) is 8.37. The van der Waals surface area contributed by atoms with Gasteiger partial charge < -0.3 is 9.80 Å². The van der Waals surface area contributed by atoms with Gasteiger partial charge in [0.15, 0.2) is 0 Å². The number of nitrogens with zero attached hydrogens (tertiary/aromatic N) is 2. The van der Waals surface area contributed by atoms with E-state index in [1.54, 1.807) is 0 Å². The lowest BCUT2D eigenvalue weighted by Crippen LogP contribution is -2.60. The monoisotopic (exact) mass is 170 g/mol. The predicted molar refractivity (Wildman–Crippen MR) is 48.9 cm³/mol. The molecule has 1 amide bonds. The maximum Gasteiger partial charge on any atom is 0.225 e. The summed E-state index contributed by atoms with van der Waals surface area (Å²) >= 11 is 0. The zero-order chi connectivity index (χ0) is 9.30. The third kappa shape index (κ3) is 1.78. The molecule has 0 aromatic carbocycles. The highest BCUT2D eigenvalue weighted by molar-refractivity contribution is 5.79. The van der Waals surface area contributed by atoms with Gasteiger partial charge in [-0.1, -0.05) is 13.8 Å². The summed E-state index contributed by atoms with van der Waals surface area (Å²) in [4.78, 5) is 15.5. The maximum absolute atomic E-state index is 11.4. The van der Waals surface area contributed by atoms with E-state index < -0.39 is 0 Å². The molecule has 1 saturated heterocycles. The van der Waals surface area contributed by atoms with E-state index >= 15 is 0 Å². The van der Waals surface area contributed by atoms with Crippen LogP contribution in [0.4, 0.5) is 0 Å². The van der Waals surface area contributed by atoms with Crippen LogP contribution in [-0.2, 0) is 4.79 Å². The Hall–Kier alpha value is -0.570. The van der Waals surface area contributed by atoms with Crippen molar-refractivity contribution in [2.45, 2.75) is 19.9 Å². The Morgan fingerprint density at radius 2 is 1.92 bits per heavy atom. The first-order valence-electron chi connectivity index (χ1n) is 4.47. The molecule has 12 heavy (non-hydrogen) atoms. The van der Waals surface area contributed by atoms with Gasteiger partial charge in [-0.15, -0.1) is 0 Å². The zero-order valence-corrected chi connectivity index (χ0v) is 8.37. The summed E-state index contributed by atoms with van der Waals surface area (Å²) < 4.78 is 0. The van der Waals surface area contributed by atoms with Gasteiger partial charge in [-0.2, -0.15) is 0 Å². The minimum Gasteiger partial charge on any atom is -0.339 e. The Bertz CT molecular complexity index is 171. The van der Waals surface area contributed by atoms with Crippen molar-refractivity contribution in [1.82, 2.24) is 9.80 Å². The fourth-order valence-electron chi connectivity index (χ4n) is 1.33. The van der Waals surface area contributed by atoms with Gasteiger partial charge in [0.25, 0.3) is 0 Å². The highest BCUT2D eigenvalue weighted by Crippen LogP contribution is 2.14. The average Bonchev–Trinajstić information content (AvgIpc) is 1.82. The molecule has 0 aliphatic carbocycles. The van der Waals surface area contributed by atoms with E-state index in [-0.39, 0.29) is 11.8 Å². The summed E-state index contributed by atoms with van der Waals surface area (Å²) in [5, 5.41) is 0. The van der Waals surface area contributed by atoms with Crippen molar-refractivity contribution in [2.24, 2.45) is 5.92 Å². The van der Waals surface area contributed by atoms with Crippen LogP contribution < -0.4 is 0 Å². The number of carbonyl (C=O) groups is 1. The largest absolute Gasteiger partial charge is 0.339 e. The fraction of sp³-hybridized carbons (Fsp3) is 0.889. The van der Waals surface area contributed by atoms with Crippen molar-refractivity contribution >= 4 is 5.91 Å². The summed E-state index contributed by atoms with van der Waals surface area (Å²) in [5.41, 5.74) is 0. The molecule has 0 atom stereocenters. The van der Waals surface area contributed by atoms with Gasteiger partial charge in [0.2, 0.25) is 5.91 Å². The van der Waals surface area contributed by atoms with Crippen molar-refractivity contribution in [1.29, 1.82) is 0 Å². The molecule has 0 saturated carbocycles. The molecule has 1 fully saturated rings. The van der Waals surface area contributed by atoms with Crippen molar-refractivity contribution < 1.29 is 4.79 Å². The molecule has 0 unspecified atom stereocenters. The highest BCUT2D eigenvalue weighted by atomic mass is 16.2. The van der Waals surface area contributed by atoms with Gasteiger partial charge in [-0.05, 0) is 14.1 Å². The van der Waals surface area contributed by atoms with Crippen LogP contribution in [0, 0.1) is 5.92 Å². The minimum absolute atomic E-state index is 0.146. The number of amides is 1. The normalized spacial score (nSPS) is 18.7. The summed E-state index contributed by atoms with van der Waals surface area (Å²) in [6.07, 6.45) is 0. The third-order valence-corrected chi connectivity index (χ3v) is 2.40. The second-order valence-electron chi connectivity index (χ2n) is 4.02. The number of rotatable bonds is 2. The van der Waals surface area contributed by atoms with Crippen molar-refractivity contribution in [2.75, 3.05) is 27.2 Å². The molecule has 1 aliphatic rings. The van der Waals surface area contributed by atoms with Crippen LogP contribution >= 0.6 is 0 Å². The van der Waals surface area contributed by atoms with E-state index in [1.165, 1.54) is 0 Å². The molecule has 1 heterocycles. The van der Waals surface area contributed by atoms with Gasteiger partial charge in [0, 0.05) is 25.0 Å². The molecule has 3 nitrogen and oxygen atoms in total. The van der Waals surface area contributed by atoms with E-state index in [4.69, 9.17) is 0 Å². The van der Waals surface area contributed by atoms with E-state index in [1.807, 2.05) is 18.7 Å². The molecule has 0 spiro atoms. The van der Waals surface area contributed by atoms with Gasteiger partial charge >= 0.3 is 0 Å². The molecule has 1 rings (SSSR count). The van der Waals surface area contributed by atoms with Crippen LogP contribution in [0.25, 0.3) is 0 Å². The second-order valence-corrected chi connectivity index (χ2v) is 4.02. The van der Waals surface area contributed by atoms with Gasteiger partial charge in [0.1, 0.15) is 0 Å². The lowest BCUT2D eigenvalue weighted by molar-refractivity contribution is -0.141. The summed E-state index contributed by atoms with van der Waals surface area (Å²) in [7, 11) is 4.11. The van der Waals surface area contributed by atoms with Crippen molar-refractivity contribution in [3.8, 4) is 0 Å². The van der Waals surface area contributed by atoms with Gasteiger partial charge in [-0.25, -0.2) is 0 Å². The first-order chi connectivity index (χ1) is 5.52. The minimum atomic E-state index is 0.146. The second kappa shape index (κ2) is 3.44. The highest BCUT2D eigenvalue weighted by Gasteiger charge is 2.32. The average molecular weight is 170 g/mol. The number of likely N-dealkylation sites (tertiary alicyclic amines) is 1. The smallest absolute Gasteiger partial charge is 0.225 e. The van der Waals surface area contributed by atoms with Crippen LogP contribution in [0.5, 0.6) is 0 Å². The van der Waals surface area contributed by atoms with E-state index in [9.17, 15) is 4.79 Å². The first-order valence-corrected chi connectivity index (χ1v) is 4.47. The molecule has 0 radical (unpaired) electrons. The van der Waals surface area contributed by atoms with Crippen LogP contribution in [0.15, 0.2) is 0 Å². The molecular formula is C9H18N2O. The Labute approximate surface area is 74.3 Å². The number of hydrogen-bond donors (Lipinski definition) is 0. The van der Waals surface area contributed by atoms with E-state index in [0.717, 1.165) is 13.1 Å². The molecule has 0 N–H and O–H groups in total. The Morgan fingerprint density at radius 3 is 2.25 bits per heavy atom. The van der Waals surface area contributed by atoms with Crippen molar-refractivity contribution in [3.05, 3.63) is 0 Å². The van der Waals surface area contributed by atoms with Crippen molar-refractivity contribution in [3.63, 3.8) is 0 Å². The topological polar surface area (TPSA) is 23.6 Å². The number of carbonyl (C=O) groups excluding carboxylic acids is 1. The molecule has 70 valence electrons. The van der Waals surface area contributed by atoms with Crippen LogP contribution in [0.1, 0.15) is 13.8 Å². The number of likely N-dealkylation sites (N-methyl/N-ethyl adjacent to an activating group) is 1. The quantitative estimate of drug-likeness (QED) is 0.599. The SMILES string of the molecule is CC(C)C(=O)N1CC(N(C)C)C1. The molecule has 3 heteroatoms. The Kier molecular flexibility index (Phi) is 2.73. The molecule has 0 aromatic heterocycles. The van der Waals surface area contributed by atoms with E-state index in [0.29, 0.717) is 6.04 Å². The third-order valence-electron chi connectivity index (χ3n) is 2.40. The number of hydrogen-bond acceptors (Lipinski definition) is 2. The Morgan fingerprint density at radius 1 is 1.42 bits per heavy atom. The Balaban J connectivity index is 2.30. The molecular weight excluding hydrogens is 152 g/mol. The standard InChI is InChI=1S/C9H18N2O/c1-7(2)9(12)11-5-8(6-11)10(3)4/h7-8H,5-6H2,1-4H3. The van der Waals surface area contributed by atoms with Crippen LogP contribution in [-0.4, -0.2) is 48.9 Å². The molecule has 0 bridgehead atoms. The van der Waals surface area contributed by atoms with Gasteiger partial charge in [-0.3, -0.25) is 4.79 Å². The van der Waals surface area contributed by atoms with Gasteiger partial charge in [0.05, 0.1) is 0 Å². The summed E-state index contributed by atoms with van der Waals surface area (Å²) in [5.74, 6) is 0.432. The van der Waals surface area contributed by atoms with Crippen LogP contribution in [0.2, 0.25) is 0 Å². The lowest BCUT2D eigenvalue weighted by Gasteiger charge is -2.43. The van der Waals surface area contributed by atoms with Crippen LogP contribution in [0.3, 0.4) is 0 Å².